The Bertz CT molecular complexity index is 371. The molecule has 0 heterocycles. The normalized spacial score (nSPS) is 27.6. The van der Waals surface area contributed by atoms with E-state index in [9.17, 15) is 14.7 Å². The Balaban J connectivity index is 2.93. The van der Waals surface area contributed by atoms with Crippen molar-refractivity contribution < 1.29 is 19.8 Å². The highest BCUT2D eigenvalue weighted by Crippen LogP contribution is 2.33. The summed E-state index contributed by atoms with van der Waals surface area (Å²) in [6.07, 6.45) is 2.68. The molecule has 0 aliphatic heterocycles. The molecule has 0 aromatic heterocycles. The molecule has 0 aromatic carbocycles. The summed E-state index contributed by atoms with van der Waals surface area (Å²) in [5.41, 5.74) is -0.442. The molecule has 18 heavy (non-hydrogen) atoms. The first-order valence-electron chi connectivity index (χ1n) is 6.11. The highest BCUT2D eigenvalue weighted by atomic mass is 32.1. The average Bonchev–Trinajstić information content (AvgIpc) is 2.22. The molecule has 3 atom stereocenters. The molecule has 0 radical (unpaired) electrons. The Morgan fingerprint density at radius 3 is 2.72 bits per heavy atom. The van der Waals surface area contributed by atoms with E-state index >= 15 is 0 Å². The number of aliphatic hydroxyl groups is 1. The molecule has 0 spiro atoms. The molecule has 0 aromatic rings. The lowest BCUT2D eigenvalue weighted by Gasteiger charge is -2.30. The molecule has 2 unspecified atom stereocenters. The molecule has 1 aliphatic carbocycles. The van der Waals surface area contributed by atoms with Gasteiger partial charge in [0.1, 0.15) is 0 Å². The topological polar surface area (TPSA) is 74.6 Å². The number of rotatable bonds is 5. The molecule has 102 valence electrons. The van der Waals surface area contributed by atoms with Crippen molar-refractivity contribution in [3.05, 3.63) is 11.6 Å². The first kappa shape index (κ1) is 15.2. The van der Waals surface area contributed by atoms with E-state index in [1.165, 1.54) is 0 Å². The van der Waals surface area contributed by atoms with Crippen LogP contribution in [0.5, 0.6) is 0 Å². The molecule has 1 aliphatic rings. The van der Waals surface area contributed by atoms with E-state index in [1.54, 1.807) is 13.0 Å². The van der Waals surface area contributed by atoms with Crippen LogP contribution in [0.25, 0.3) is 0 Å². The largest absolute Gasteiger partial charge is 0.481 e. The minimum atomic E-state index is -0.979. The molecule has 0 saturated heterocycles. The average molecular weight is 272 g/mol. The quantitative estimate of drug-likeness (QED) is 0.667. The van der Waals surface area contributed by atoms with Gasteiger partial charge in [0.05, 0.1) is 5.60 Å². The molecule has 0 saturated carbocycles. The van der Waals surface area contributed by atoms with Gasteiger partial charge in [0.15, 0.2) is 5.78 Å². The lowest BCUT2D eigenvalue weighted by molar-refractivity contribution is -0.137. The number of thiol groups is 1. The van der Waals surface area contributed by atoms with Crippen molar-refractivity contribution in [2.75, 3.05) is 0 Å². The van der Waals surface area contributed by atoms with Gasteiger partial charge < -0.3 is 10.2 Å². The van der Waals surface area contributed by atoms with Gasteiger partial charge in [-0.3, -0.25) is 9.59 Å². The third-order valence-corrected chi connectivity index (χ3v) is 3.66. The van der Waals surface area contributed by atoms with Gasteiger partial charge in [-0.15, -0.1) is 0 Å². The van der Waals surface area contributed by atoms with Crippen LogP contribution in [0.15, 0.2) is 11.6 Å². The number of hydrogen-bond donors (Lipinski definition) is 3. The fourth-order valence-electron chi connectivity index (χ4n) is 2.25. The number of hydrogen-bond acceptors (Lipinski definition) is 4. The van der Waals surface area contributed by atoms with Crippen molar-refractivity contribution >= 4 is 24.4 Å². The Morgan fingerprint density at radius 2 is 2.22 bits per heavy atom. The lowest BCUT2D eigenvalue weighted by Crippen LogP contribution is -2.33. The monoisotopic (exact) mass is 272 g/mol. The zero-order valence-corrected chi connectivity index (χ0v) is 11.6. The van der Waals surface area contributed by atoms with Gasteiger partial charge >= 0.3 is 5.97 Å². The van der Waals surface area contributed by atoms with Gasteiger partial charge in [-0.2, -0.15) is 12.6 Å². The second-order valence-electron chi connectivity index (χ2n) is 5.16. The van der Waals surface area contributed by atoms with Gasteiger partial charge in [-0.25, -0.2) is 0 Å². The predicted octanol–water partition coefficient (Wildman–Crippen LogP) is 1.83. The lowest BCUT2D eigenvalue weighted by atomic mass is 9.79. The van der Waals surface area contributed by atoms with E-state index in [2.05, 4.69) is 12.6 Å². The summed E-state index contributed by atoms with van der Waals surface area (Å²) in [6.45, 7) is 3.50. The fraction of sp³-hybridized carbons (Fsp3) is 0.692. The third-order valence-electron chi connectivity index (χ3n) is 3.30. The van der Waals surface area contributed by atoms with Crippen LogP contribution < -0.4 is 0 Å². The first-order valence-corrected chi connectivity index (χ1v) is 6.63. The summed E-state index contributed by atoms with van der Waals surface area (Å²) in [5, 5.41) is 18.6. The number of carbonyl (C=O) groups is 2. The second kappa shape index (κ2) is 5.89. The zero-order chi connectivity index (χ0) is 13.9. The SMILES string of the molecule is CC(S)[C@H](CCC(=O)O)C1=CC(C)(O)CCC1=O. The van der Waals surface area contributed by atoms with Crippen LogP contribution in [-0.4, -0.2) is 32.8 Å². The van der Waals surface area contributed by atoms with E-state index < -0.39 is 11.6 Å². The highest BCUT2D eigenvalue weighted by Gasteiger charge is 2.33. The molecule has 0 amide bonds. The van der Waals surface area contributed by atoms with Crippen molar-refractivity contribution in [2.24, 2.45) is 5.92 Å². The molecular formula is C13H20O4S. The van der Waals surface area contributed by atoms with Crippen LogP contribution in [0.4, 0.5) is 0 Å². The van der Waals surface area contributed by atoms with Crippen molar-refractivity contribution in [3.8, 4) is 0 Å². The van der Waals surface area contributed by atoms with E-state index in [1.807, 2.05) is 6.92 Å². The van der Waals surface area contributed by atoms with Crippen LogP contribution in [0, 0.1) is 5.92 Å². The van der Waals surface area contributed by atoms with E-state index in [0.29, 0.717) is 24.8 Å². The molecule has 2 N–H and O–H groups in total. The van der Waals surface area contributed by atoms with Gasteiger partial charge in [-0.05, 0) is 37.3 Å². The van der Waals surface area contributed by atoms with E-state index in [-0.39, 0.29) is 23.4 Å². The third kappa shape index (κ3) is 4.14. The number of Topliss-reactive ketones (excluding diaryl/α,β-unsaturated/α-hetero) is 1. The van der Waals surface area contributed by atoms with Gasteiger partial charge in [-0.1, -0.05) is 6.92 Å². The maximum absolute atomic E-state index is 11.9. The van der Waals surface area contributed by atoms with Crippen LogP contribution in [0.1, 0.15) is 39.5 Å². The molecule has 5 heteroatoms. The molecule has 0 fully saturated rings. The van der Waals surface area contributed by atoms with Crippen LogP contribution >= 0.6 is 12.6 Å². The number of aliphatic carboxylic acids is 1. The molecule has 4 nitrogen and oxygen atoms in total. The molecule has 1 rings (SSSR count). The smallest absolute Gasteiger partial charge is 0.303 e. The number of carboxylic acids is 1. The van der Waals surface area contributed by atoms with Crippen molar-refractivity contribution in [1.29, 1.82) is 0 Å². The summed E-state index contributed by atoms with van der Waals surface area (Å²) in [6, 6.07) is 0. The van der Waals surface area contributed by atoms with E-state index in [4.69, 9.17) is 5.11 Å². The summed E-state index contributed by atoms with van der Waals surface area (Å²) in [7, 11) is 0. The number of carboxylic acid groups (broad SMARTS) is 1. The minimum Gasteiger partial charge on any atom is -0.481 e. The summed E-state index contributed by atoms with van der Waals surface area (Å²) in [5.74, 6) is -1.11. The predicted molar refractivity (Wildman–Crippen MR) is 71.8 cm³/mol. The van der Waals surface area contributed by atoms with Crippen LogP contribution in [0.2, 0.25) is 0 Å². The zero-order valence-electron chi connectivity index (χ0n) is 10.7. The summed E-state index contributed by atoms with van der Waals surface area (Å²) in [4.78, 5) is 22.6. The Labute approximate surface area is 112 Å². The van der Waals surface area contributed by atoms with Crippen LogP contribution in [0.3, 0.4) is 0 Å². The maximum atomic E-state index is 11.9. The van der Waals surface area contributed by atoms with Gasteiger partial charge in [0, 0.05) is 18.1 Å². The minimum absolute atomic E-state index is 0.00202. The first-order chi connectivity index (χ1) is 8.23. The van der Waals surface area contributed by atoms with Crippen molar-refractivity contribution in [2.45, 2.75) is 50.4 Å². The second-order valence-corrected chi connectivity index (χ2v) is 5.97. The summed E-state index contributed by atoms with van der Waals surface area (Å²) < 4.78 is 0. The van der Waals surface area contributed by atoms with Gasteiger partial charge in [0.2, 0.25) is 0 Å². The number of ketones is 1. The van der Waals surface area contributed by atoms with Crippen molar-refractivity contribution in [1.82, 2.24) is 0 Å². The van der Waals surface area contributed by atoms with Gasteiger partial charge in [0.25, 0.3) is 0 Å². The molecular weight excluding hydrogens is 252 g/mol. The standard InChI is InChI=1S/C13H20O4S/c1-8(18)9(3-4-12(15)16)10-7-13(2,17)6-5-11(10)14/h7-9,17-18H,3-6H2,1-2H3,(H,15,16)/t8?,9-,13?/m0/s1. The Hall–Kier alpha value is -0.810. The number of allylic oxidation sites excluding steroid dienone is 1. The van der Waals surface area contributed by atoms with Crippen LogP contribution in [-0.2, 0) is 9.59 Å². The van der Waals surface area contributed by atoms with Crippen molar-refractivity contribution in [3.63, 3.8) is 0 Å². The summed E-state index contributed by atoms with van der Waals surface area (Å²) >= 11 is 4.34. The number of carbonyl (C=O) groups excluding carboxylic acids is 1. The molecule has 0 bridgehead atoms. The van der Waals surface area contributed by atoms with E-state index in [0.717, 1.165) is 0 Å². The fourth-order valence-corrected chi connectivity index (χ4v) is 2.56. The Kier molecular flexibility index (Phi) is 4.99. The highest BCUT2D eigenvalue weighted by molar-refractivity contribution is 7.80. The Morgan fingerprint density at radius 1 is 1.61 bits per heavy atom. The maximum Gasteiger partial charge on any atom is 0.303 e.